The van der Waals surface area contributed by atoms with Crippen LogP contribution in [-0.4, -0.2) is 40.9 Å². The molecule has 0 spiro atoms. The number of aromatic nitrogens is 2. The normalized spacial score (nSPS) is 11.4. The Bertz CT molecular complexity index is 765. The number of hydrogen-bond acceptors (Lipinski definition) is 4. The van der Waals surface area contributed by atoms with Crippen LogP contribution in [-0.2, 0) is 9.53 Å². The third kappa shape index (κ3) is 3.35. The highest BCUT2D eigenvalue weighted by molar-refractivity contribution is 6.32. The number of nitrogens with zero attached hydrogens (tertiary/aromatic N) is 2. The molecule has 2 aromatic rings. The number of likely N-dealkylation sites (N-methyl/N-ethyl adjacent to an activating group) is 1. The molecule has 1 aromatic carbocycles. The van der Waals surface area contributed by atoms with Crippen LogP contribution in [0.15, 0.2) is 30.7 Å². The van der Waals surface area contributed by atoms with Gasteiger partial charge in [0.2, 0.25) is 0 Å². The summed E-state index contributed by atoms with van der Waals surface area (Å²) in [6.07, 6.45) is 10.0. The molecule has 1 heterocycles. The first-order chi connectivity index (χ1) is 11.0. The molecule has 0 aliphatic heterocycles. The number of rotatable bonds is 4. The van der Waals surface area contributed by atoms with Crippen molar-refractivity contribution in [2.24, 2.45) is 0 Å². The molecule has 0 saturated carbocycles. The van der Waals surface area contributed by atoms with Crippen molar-refractivity contribution in [1.82, 2.24) is 14.9 Å². The molecule has 1 atom stereocenters. The number of aromatic amines is 1. The molecule has 1 radical (unpaired) electrons. The molecule has 23 heavy (non-hydrogen) atoms. The van der Waals surface area contributed by atoms with Crippen molar-refractivity contribution < 1.29 is 14.3 Å². The Morgan fingerprint density at radius 1 is 1.48 bits per heavy atom. The molecule has 2 rings (SSSR count). The highest BCUT2D eigenvalue weighted by atomic mass is 35.5. The van der Waals surface area contributed by atoms with E-state index in [2.05, 4.69) is 15.9 Å². The molecule has 117 valence electrons. The zero-order valence-corrected chi connectivity index (χ0v) is 13.2. The topological polar surface area (TPSA) is 75.3 Å². The van der Waals surface area contributed by atoms with Crippen molar-refractivity contribution in [2.75, 3.05) is 14.2 Å². The number of nitrogens with one attached hydrogen (secondary N) is 1. The minimum Gasteiger partial charge on any atom is -0.467 e. The van der Waals surface area contributed by atoms with Gasteiger partial charge in [-0.25, -0.2) is 9.78 Å². The van der Waals surface area contributed by atoms with Crippen LogP contribution in [0.1, 0.15) is 27.7 Å². The van der Waals surface area contributed by atoms with E-state index in [0.29, 0.717) is 11.3 Å². The monoisotopic (exact) mass is 330 g/mol. The lowest BCUT2D eigenvalue weighted by Crippen LogP contribution is -2.36. The van der Waals surface area contributed by atoms with E-state index >= 15 is 0 Å². The number of ether oxygens (including phenoxy) is 1. The lowest BCUT2D eigenvalue weighted by molar-refractivity contribution is -0.146. The maximum atomic E-state index is 12.6. The van der Waals surface area contributed by atoms with E-state index < -0.39 is 17.9 Å². The molecular formula is C16H13ClN3O3. The Balaban J connectivity index is 2.35. The summed E-state index contributed by atoms with van der Waals surface area (Å²) in [6, 6.07) is 3.47. The van der Waals surface area contributed by atoms with Gasteiger partial charge in [-0.05, 0) is 24.6 Å². The van der Waals surface area contributed by atoms with Gasteiger partial charge in [-0.15, -0.1) is 0 Å². The summed E-state index contributed by atoms with van der Waals surface area (Å²) in [7, 11) is 2.72. The second-order valence-corrected chi connectivity index (χ2v) is 5.06. The fraction of sp³-hybridized carbons (Fsp3) is 0.188. The van der Waals surface area contributed by atoms with Crippen molar-refractivity contribution in [3.8, 4) is 5.92 Å². The van der Waals surface area contributed by atoms with Crippen LogP contribution in [0.3, 0.4) is 0 Å². The summed E-state index contributed by atoms with van der Waals surface area (Å²) in [4.78, 5) is 32.6. The third-order valence-corrected chi connectivity index (χ3v) is 3.60. The lowest BCUT2D eigenvalue weighted by Gasteiger charge is -2.25. The fourth-order valence-corrected chi connectivity index (χ4v) is 2.31. The zero-order chi connectivity index (χ0) is 17.0. The Hall–Kier alpha value is -2.78. The van der Waals surface area contributed by atoms with E-state index in [1.54, 1.807) is 0 Å². The summed E-state index contributed by atoms with van der Waals surface area (Å²) in [5.41, 5.74) is 1.02. The Labute approximate surface area is 138 Å². The summed E-state index contributed by atoms with van der Waals surface area (Å²) in [5, 5.41) is 0.230. The van der Waals surface area contributed by atoms with Crippen molar-refractivity contribution >= 4 is 23.5 Å². The van der Waals surface area contributed by atoms with Crippen molar-refractivity contribution in [1.29, 1.82) is 0 Å². The average Bonchev–Trinajstić information content (AvgIpc) is 3.07. The summed E-state index contributed by atoms with van der Waals surface area (Å²) < 4.78 is 4.76. The molecule has 0 aliphatic carbocycles. The number of hydrogen-bond donors (Lipinski definition) is 1. The molecular weight excluding hydrogens is 318 g/mol. The average molecular weight is 331 g/mol. The first-order valence-corrected chi connectivity index (χ1v) is 6.93. The van der Waals surface area contributed by atoms with Crippen LogP contribution in [0.2, 0.25) is 5.02 Å². The van der Waals surface area contributed by atoms with Gasteiger partial charge in [-0.2, -0.15) is 0 Å². The van der Waals surface area contributed by atoms with Gasteiger partial charge < -0.3 is 14.6 Å². The lowest BCUT2D eigenvalue weighted by atomic mass is 10.1. The van der Waals surface area contributed by atoms with Crippen LogP contribution in [0.25, 0.3) is 0 Å². The fourth-order valence-electron chi connectivity index (χ4n) is 2.08. The van der Waals surface area contributed by atoms with Crippen molar-refractivity contribution in [2.45, 2.75) is 6.04 Å². The Morgan fingerprint density at radius 2 is 2.22 bits per heavy atom. The van der Waals surface area contributed by atoms with Gasteiger partial charge in [0.1, 0.15) is 0 Å². The molecule has 0 fully saturated rings. The second-order valence-electron chi connectivity index (χ2n) is 4.66. The largest absolute Gasteiger partial charge is 0.467 e. The molecule has 0 aliphatic rings. The molecule has 7 heteroatoms. The third-order valence-electron chi connectivity index (χ3n) is 3.28. The van der Waals surface area contributed by atoms with Crippen LogP contribution >= 0.6 is 11.6 Å². The number of imidazole rings is 1. The second kappa shape index (κ2) is 6.99. The van der Waals surface area contributed by atoms with Crippen LogP contribution in [0.5, 0.6) is 0 Å². The van der Waals surface area contributed by atoms with Gasteiger partial charge >= 0.3 is 5.97 Å². The Morgan fingerprint density at radius 3 is 2.74 bits per heavy atom. The van der Waals surface area contributed by atoms with Gasteiger partial charge in [0.15, 0.2) is 6.04 Å². The highest BCUT2D eigenvalue weighted by Crippen LogP contribution is 2.23. The minimum absolute atomic E-state index is 0.230. The maximum Gasteiger partial charge on any atom is 0.334 e. The van der Waals surface area contributed by atoms with E-state index in [0.717, 1.165) is 0 Å². The van der Waals surface area contributed by atoms with Gasteiger partial charge in [0.05, 0.1) is 24.2 Å². The molecule has 6 nitrogen and oxygen atoms in total. The quantitative estimate of drug-likeness (QED) is 0.687. The smallest absolute Gasteiger partial charge is 0.334 e. The van der Waals surface area contributed by atoms with Crippen LogP contribution in [0, 0.1) is 12.3 Å². The number of amides is 1. The molecule has 1 amide bonds. The van der Waals surface area contributed by atoms with Crippen LogP contribution in [0.4, 0.5) is 0 Å². The van der Waals surface area contributed by atoms with E-state index in [4.69, 9.17) is 22.8 Å². The standard InChI is InChI=1S/C16H13ClN3O3/c1-4-10-5-6-11(7-12(10)17)15(21)20(2)14(16(22)23-3)13-8-18-9-19-13/h5-9,14H,2-3H3,(H,18,19). The van der Waals surface area contributed by atoms with E-state index in [1.165, 1.54) is 49.8 Å². The molecule has 1 N–H and O–H groups in total. The van der Waals surface area contributed by atoms with Gasteiger partial charge in [0.25, 0.3) is 5.91 Å². The first-order valence-electron chi connectivity index (χ1n) is 6.55. The molecule has 0 saturated heterocycles. The number of halogens is 1. The van der Waals surface area contributed by atoms with E-state index in [9.17, 15) is 9.59 Å². The maximum absolute atomic E-state index is 12.6. The SMILES string of the molecule is [C]#Cc1ccc(C(=O)N(C)C(C(=O)OC)c2c[nH]cn2)cc1Cl. The number of carbonyl (C=O) groups excluding carboxylic acids is 2. The molecule has 1 unspecified atom stereocenters. The number of carbonyl (C=O) groups is 2. The molecule has 0 bridgehead atoms. The predicted octanol–water partition coefficient (Wildman–Crippen LogP) is 1.99. The van der Waals surface area contributed by atoms with Gasteiger partial charge in [-0.3, -0.25) is 4.79 Å². The van der Waals surface area contributed by atoms with Gasteiger partial charge in [-0.1, -0.05) is 17.5 Å². The van der Waals surface area contributed by atoms with Crippen LogP contribution < -0.4 is 0 Å². The van der Waals surface area contributed by atoms with Crippen molar-refractivity contribution in [3.05, 3.63) is 59.0 Å². The number of esters is 1. The zero-order valence-electron chi connectivity index (χ0n) is 12.5. The number of benzene rings is 1. The first kappa shape index (κ1) is 16.6. The highest BCUT2D eigenvalue weighted by Gasteiger charge is 2.31. The van der Waals surface area contributed by atoms with Gasteiger partial charge in [0, 0.05) is 24.4 Å². The van der Waals surface area contributed by atoms with Crippen molar-refractivity contribution in [3.63, 3.8) is 0 Å². The van der Waals surface area contributed by atoms with E-state index in [1.807, 2.05) is 0 Å². The number of methoxy groups -OCH3 is 1. The summed E-state index contributed by atoms with van der Waals surface area (Å²) in [6.45, 7) is 0. The number of H-pyrrole nitrogens is 1. The predicted molar refractivity (Wildman–Crippen MR) is 83.1 cm³/mol. The molecule has 1 aromatic heterocycles. The summed E-state index contributed by atoms with van der Waals surface area (Å²) >= 11 is 5.99. The minimum atomic E-state index is -0.980. The Kier molecular flexibility index (Phi) is 5.04. The summed E-state index contributed by atoms with van der Waals surface area (Å²) in [5.74, 6) is 1.13. The van der Waals surface area contributed by atoms with E-state index in [-0.39, 0.29) is 10.6 Å².